The van der Waals surface area contributed by atoms with Crippen LogP contribution in [0.2, 0.25) is 0 Å². The maximum absolute atomic E-state index is 14.0. The van der Waals surface area contributed by atoms with Gasteiger partial charge < -0.3 is 0 Å². The number of benzene rings is 3. The molecule has 0 bridgehead atoms. The highest BCUT2D eigenvalue weighted by atomic mass is 16.6. The Bertz CT molecular complexity index is 1250. The molecule has 0 saturated carbocycles. The van der Waals surface area contributed by atoms with Gasteiger partial charge in [-0.2, -0.15) is 0 Å². The van der Waals surface area contributed by atoms with E-state index in [2.05, 4.69) is 0 Å². The lowest BCUT2D eigenvalue weighted by atomic mass is 9.58. The first-order chi connectivity index (χ1) is 15.9. The van der Waals surface area contributed by atoms with Crippen molar-refractivity contribution in [2.45, 2.75) is 18.8 Å². The average Bonchev–Trinajstić information content (AvgIpc) is 3.05. The first-order valence-electron chi connectivity index (χ1n) is 10.8. The molecular formula is C27H22N2O4. The zero-order chi connectivity index (χ0) is 23.2. The molecule has 1 aliphatic carbocycles. The lowest BCUT2D eigenvalue weighted by Crippen LogP contribution is -2.42. The Morgan fingerprint density at radius 3 is 1.97 bits per heavy atom. The Kier molecular flexibility index (Phi) is 4.93. The second-order valence-electron chi connectivity index (χ2n) is 8.72. The van der Waals surface area contributed by atoms with Crippen molar-refractivity contribution in [2.75, 3.05) is 4.90 Å². The zero-order valence-electron chi connectivity index (χ0n) is 18.0. The summed E-state index contributed by atoms with van der Waals surface area (Å²) in [7, 11) is 0. The van der Waals surface area contributed by atoms with E-state index in [9.17, 15) is 19.7 Å². The second-order valence-corrected chi connectivity index (χ2v) is 8.72. The van der Waals surface area contributed by atoms with Crippen molar-refractivity contribution in [3.8, 4) is 0 Å². The standard InChI is InChI=1S/C27H22N2O4/c1-27-23(19-10-6-3-7-11-19)17-16-22(18-8-4-2-5-9-18)24(27)25(30)28(26(27)31)20-12-14-21(15-13-20)29(32)33/h2-17,22-24H,1H3. The molecule has 0 aromatic heterocycles. The number of rotatable bonds is 4. The van der Waals surface area contributed by atoms with E-state index in [0.29, 0.717) is 5.69 Å². The first kappa shape index (κ1) is 20.8. The van der Waals surface area contributed by atoms with Crippen LogP contribution in [0.1, 0.15) is 29.9 Å². The Morgan fingerprint density at radius 2 is 1.39 bits per heavy atom. The van der Waals surface area contributed by atoms with Gasteiger partial charge in [-0.1, -0.05) is 72.8 Å². The van der Waals surface area contributed by atoms with Crippen molar-refractivity contribution in [2.24, 2.45) is 11.3 Å². The molecule has 0 radical (unpaired) electrons. The lowest BCUT2D eigenvalue weighted by Gasteiger charge is -2.41. The van der Waals surface area contributed by atoms with Crippen LogP contribution in [0.4, 0.5) is 11.4 Å². The van der Waals surface area contributed by atoms with Crippen molar-refractivity contribution in [1.29, 1.82) is 0 Å². The quantitative estimate of drug-likeness (QED) is 0.242. The molecule has 6 heteroatoms. The van der Waals surface area contributed by atoms with E-state index < -0.39 is 16.3 Å². The van der Waals surface area contributed by atoms with Crippen molar-refractivity contribution in [3.63, 3.8) is 0 Å². The van der Waals surface area contributed by atoms with Gasteiger partial charge in [-0.05, 0) is 30.2 Å². The fourth-order valence-electron chi connectivity index (χ4n) is 5.33. The Labute approximate surface area is 191 Å². The molecule has 164 valence electrons. The number of carbonyl (C=O) groups is 2. The van der Waals surface area contributed by atoms with Crippen molar-refractivity contribution >= 4 is 23.2 Å². The molecular weight excluding hydrogens is 416 g/mol. The number of hydrogen-bond donors (Lipinski definition) is 0. The monoisotopic (exact) mass is 438 g/mol. The molecule has 1 aliphatic heterocycles. The minimum absolute atomic E-state index is 0.0903. The predicted molar refractivity (Wildman–Crippen MR) is 125 cm³/mol. The normalized spacial score (nSPS) is 26.3. The van der Waals surface area contributed by atoms with Crippen LogP contribution in [0.3, 0.4) is 0 Å². The Morgan fingerprint density at radius 1 is 0.818 bits per heavy atom. The zero-order valence-corrected chi connectivity index (χ0v) is 18.0. The molecule has 4 unspecified atom stereocenters. The van der Waals surface area contributed by atoms with Crippen LogP contribution in [0.25, 0.3) is 0 Å². The number of anilines is 1. The van der Waals surface area contributed by atoms with Crippen molar-refractivity contribution in [1.82, 2.24) is 0 Å². The number of nitro benzene ring substituents is 1. The van der Waals surface area contributed by atoms with Gasteiger partial charge in [0, 0.05) is 24.0 Å². The molecule has 2 amide bonds. The summed E-state index contributed by atoms with van der Waals surface area (Å²) >= 11 is 0. The summed E-state index contributed by atoms with van der Waals surface area (Å²) < 4.78 is 0. The number of imide groups is 1. The van der Waals surface area contributed by atoms with Gasteiger partial charge >= 0.3 is 0 Å². The molecule has 0 spiro atoms. The van der Waals surface area contributed by atoms with E-state index >= 15 is 0 Å². The summed E-state index contributed by atoms with van der Waals surface area (Å²) in [4.78, 5) is 39.6. The molecule has 4 atom stereocenters. The first-order valence-corrected chi connectivity index (χ1v) is 10.8. The van der Waals surface area contributed by atoms with E-state index in [4.69, 9.17) is 0 Å². The number of nitro groups is 1. The maximum Gasteiger partial charge on any atom is 0.269 e. The van der Waals surface area contributed by atoms with Gasteiger partial charge in [0.25, 0.3) is 5.69 Å². The number of nitrogens with zero attached hydrogens (tertiary/aromatic N) is 2. The minimum atomic E-state index is -1.00. The number of fused-ring (bicyclic) bond motifs is 1. The van der Waals surface area contributed by atoms with E-state index in [0.717, 1.165) is 11.1 Å². The Balaban J connectivity index is 1.65. The van der Waals surface area contributed by atoms with Crippen molar-refractivity contribution < 1.29 is 14.5 Å². The van der Waals surface area contributed by atoms with Crippen LogP contribution >= 0.6 is 0 Å². The molecule has 1 heterocycles. The van der Waals surface area contributed by atoms with Gasteiger partial charge in [-0.15, -0.1) is 0 Å². The average molecular weight is 438 g/mol. The maximum atomic E-state index is 14.0. The van der Waals surface area contributed by atoms with E-state index in [1.54, 1.807) is 0 Å². The van der Waals surface area contributed by atoms with Crippen molar-refractivity contribution in [3.05, 3.63) is 118 Å². The number of carbonyl (C=O) groups excluding carboxylic acids is 2. The lowest BCUT2D eigenvalue weighted by molar-refractivity contribution is -0.384. The smallest absolute Gasteiger partial charge is 0.269 e. The molecule has 3 aromatic carbocycles. The number of non-ortho nitro benzene ring substituents is 1. The van der Waals surface area contributed by atoms with Crippen LogP contribution in [-0.2, 0) is 9.59 Å². The van der Waals surface area contributed by atoms with Gasteiger partial charge in [0.1, 0.15) is 0 Å². The number of allylic oxidation sites excluding steroid dienone is 2. The highest BCUT2D eigenvalue weighted by Gasteiger charge is 2.63. The van der Waals surface area contributed by atoms with Gasteiger partial charge in [0.2, 0.25) is 11.8 Å². The summed E-state index contributed by atoms with van der Waals surface area (Å²) in [6.45, 7) is 1.88. The fourth-order valence-corrected chi connectivity index (χ4v) is 5.33. The van der Waals surface area contributed by atoms with E-state index in [-0.39, 0.29) is 29.3 Å². The molecule has 3 aromatic rings. The fraction of sp³-hybridized carbons (Fsp3) is 0.185. The predicted octanol–water partition coefficient (Wildman–Crippen LogP) is 5.23. The van der Waals surface area contributed by atoms with Crippen LogP contribution in [0, 0.1) is 21.4 Å². The van der Waals surface area contributed by atoms with Gasteiger partial charge in [0.15, 0.2) is 0 Å². The summed E-state index contributed by atoms with van der Waals surface area (Å²) in [5.74, 6) is -1.70. The van der Waals surface area contributed by atoms with Gasteiger partial charge in [-0.3, -0.25) is 19.7 Å². The molecule has 1 saturated heterocycles. The summed E-state index contributed by atoms with van der Waals surface area (Å²) in [5.41, 5.74) is 1.20. The van der Waals surface area contributed by atoms with E-state index in [1.165, 1.54) is 29.2 Å². The molecule has 5 rings (SSSR count). The second kappa shape index (κ2) is 7.81. The number of amides is 2. The van der Waals surface area contributed by atoms with Gasteiger partial charge in [0.05, 0.1) is 21.9 Å². The third-order valence-electron chi connectivity index (χ3n) is 6.97. The molecule has 1 fully saturated rings. The van der Waals surface area contributed by atoms with Crippen LogP contribution in [-0.4, -0.2) is 16.7 Å². The van der Waals surface area contributed by atoms with Crippen LogP contribution < -0.4 is 4.90 Å². The summed E-state index contributed by atoms with van der Waals surface area (Å²) in [6.07, 6.45) is 4.10. The molecule has 0 N–H and O–H groups in total. The van der Waals surface area contributed by atoms with Gasteiger partial charge in [-0.25, -0.2) is 4.90 Å². The van der Waals surface area contributed by atoms with E-state index in [1.807, 2.05) is 79.7 Å². The van der Waals surface area contributed by atoms with Crippen LogP contribution in [0.15, 0.2) is 97.1 Å². The Hall–Kier alpha value is -4.06. The molecule has 6 nitrogen and oxygen atoms in total. The third kappa shape index (κ3) is 3.18. The summed E-state index contributed by atoms with van der Waals surface area (Å²) in [6, 6.07) is 25.1. The summed E-state index contributed by atoms with van der Waals surface area (Å²) in [5, 5.41) is 11.1. The topological polar surface area (TPSA) is 80.5 Å². The molecule has 2 aliphatic rings. The highest BCUT2D eigenvalue weighted by molar-refractivity contribution is 6.24. The third-order valence-corrected chi connectivity index (χ3v) is 6.97. The SMILES string of the molecule is CC12C(=O)N(c3ccc([N+](=O)[O-])cc3)C(=O)C1C(c1ccccc1)C=CC2c1ccccc1. The minimum Gasteiger partial charge on any atom is -0.274 e. The highest BCUT2D eigenvalue weighted by Crippen LogP contribution is 2.57. The van der Waals surface area contributed by atoms with Crippen LogP contribution in [0.5, 0.6) is 0 Å². The largest absolute Gasteiger partial charge is 0.274 e. The molecule has 33 heavy (non-hydrogen) atoms. The number of hydrogen-bond acceptors (Lipinski definition) is 4.